The molecule has 1 aromatic heterocycles. The highest BCUT2D eigenvalue weighted by molar-refractivity contribution is 7.98. The van der Waals surface area contributed by atoms with Crippen LogP contribution in [0.15, 0.2) is 16.9 Å². The van der Waals surface area contributed by atoms with Crippen molar-refractivity contribution in [2.24, 2.45) is 0 Å². The van der Waals surface area contributed by atoms with Crippen molar-refractivity contribution in [1.29, 1.82) is 10.7 Å². The number of nitrogens with zero attached hydrogens (tertiary/aromatic N) is 2. The first-order valence-electron chi connectivity index (χ1n) is 4.27. The molecule has 1 heterocycles. The minimum Gasteiger partial charge on any atom is -0.364 e. The molecular formula is C8H11N5OS. The van der Waals surface area contributed by atoms with Gasteiger partial charge in [-0.25, -0.2) is 0 Å². The van der Waals surface area contributed by atoms with Gasteiger partial charge < -0.3 is 9.84 Å². The van der Waals surface area contributed by atoms with Crippen LogP contribution in [0.5, 0.6) is 0 Å². The van der Waals surface area contributed by atoms with Crippen LogP contribution in [0.25, 0.3) is 0 Å². The van der Waals surface area contributed by atoms with Crippen molar-refractivity contribution in [3.05, 3.63) is 18.0 Å². The van der Waals surface area contributed by atoms with E-state index in [1.54, 1.807) is 24.2 Å². The Morgan fingerprint density at radius 2 is 2.60 bits per heavy atom. The van der Waals surface area contributed by atoms with E-state index in [9.17, 15) is 0 Å². The molecule has 0 aliphatic carbocycles. The Bertz CT molecular complexity index is 331. The second kappa shape index (κ2) is 6.73. The second-order valence-corrected chi connectivity index (χ2v) is 3.69. The van der Waals surface area contributed by atoms with E-state index in [1.807, 2.05) is 6.07 Å². The third-order valence-corrected chi connectivity index (χ3v) is 2.46. The topological polar surface area (TPSA) is 97.7 Å². The van der Waals surface area contributed by atoms with Crippen molar-refractivity contribution in [3.8, 4) is 6.19 Å². The Morgan fingerprint density at radius 1 is 1.73 bits per heavy atom. The fraction of sp³-hybridized carbons (Fsp3) is 0.375. The predicted octanol–water partition coefficient (Wildman–Crippen LogP) is 0.503. The van der Waals surface area contributed by atoms with Crippen LogP contribution in [0, 0.1) is 16.9 Å². The van der Waals surface area contributed by atoms with Crippen molar-refractivity contribution >= 4 is 17.7 Å². The van der Waals surface area contributed by atoms with Crippen molar-refractivity contribution in [3.63, 3.8) is 0 Å². The largest absolute Gasteiger partial charge is 0.364 e. The number of hydrogen-bond acceptors (Lipinski definition) is 5. The summed E-state index contributed by atoms with van der Waals surface area (Å²) >= 11 is 1.68. The highest BCUT2D eigenvalue weighted by Gasteiger charge is 1.97. The van der Waals surface area contributed by atoms with Gasteiger partial charge in [-0.15, -0.1) is 0 Å². The second-order valence-electron chi connectivity index (χ2n) is 2.58. The third-order valence-electron chi connectivity index (χ3n) is 1.47. The zero-order valence-corrected chi connectivity index (χ0v) is 8.80. The van der Waals surface area contributed by atoms with Gasteiger partial charge in [-0.2, -0.15) is 17.0 Å². The van der Waals surface area contributed by atoms with Crippen LogP contribution in [0.2, 0.25) is 0 Å². The van der Waals surface area contributed by atoms with Gasteiger partial charge in [0.15, 0.2) is 6.19 Å². The van der Waals surface area contributed by atoms with Gasteiger partial charge >= 0.3 is 0 Å². The maximum atomic E-state index is 8.20. The summed E-state index contributed by atoms with van der Waals surface area (Å²) in [5.74, 6) is 1.65. The molecule has 3 N–H and O–H groups in total. The Kier molecular flexibility index (Phi) is 5.11. The molecule has 0 saturated heterocycles. The molecule has 1 aromatic rings. The molecule has 0 spiro atoms. The Hall–Kier alpha value is -1.68. The minimum absolute atomic E-state index is 0.0273. The Balaban J connectivity index is 1.98. The van der Waals surface area contributed by atoms with Gasteiger partial charge in [-0.05, 0) is 0 Å². The highest BCUT2D eigenvalue weighted by Crippen LogP contribution is 2.08. The molecule has 80 valence electrons. The molecule has 0 radical (unpaired) electrons. The van der Waals surface area contributed by atoms with E-state index in [0.29, 0.717) is 6.54 Å². The van der Waals surface area contributed by atoms with Crippen LogP contribution in [0.1, 0.15) is 5.69 Å². The van der Waals surface area contributed by atoms with Gasteiger partial charge in [0.1, 0.15) is 6.26 Å². The summed E-state index contributed by atoms with van der Waals surface area (Å²) in [7, 11) is 0. The molecule has 1 rings (SSSR count). The van der Waals surface area contributed by atoms with Gasteiger partial charge in [-0.1, -0.05) is 5.16 Å². The molecule has 0 atom stereocenters. The number of guanidine groups is 1. The average molecular weight is 225 g/mol. The van der Waals surface area contributed by atoms with E-state index in [4.69, 9.17) is 10.7 Å². The lowest BCUT2D eigenvalue weighted by Crippen LogP contribution is -2.34. The van der Waals surface area contributed by atoms with Crippen LogP contribution < -0.4 is 10.6 Å². The standard InChI is InChI=1S/C8H11N5OS/c9-6-12-8(10)11-2-4-15-5-7-1-3-14-13-7/h1,3H,2,4-5H2,(H3,10,11,12). The SMILES string of the molecule is N#CNC(=N)NCCSCc1ccon1. The first kappa shape index (κ1) is 11.4. The minimum atomic E-state index is 0.0273. The van der Waals surface area contributed by atoms with Gasteiger partial charge in [0.2, 0.25) is 5.96 Å². The molecule has 0 aromatic carbocycles. The monoisotopic (exact) mass is 225 g/mol. The molecule has 0 bridgehead atoms. The number of aromatic nitrogens is 1. The molecule has 0 unspecified atom stereocenters. The summed E-state index contributed by atoms with van der Waals surface area (Å²) in [6, 6.07) is 1.82. The van der Waals surface area contributed by atoms with Crippen molar-refractivity contribution in [1.82, 2.24) is 15.8 Å². The first-order chi connectivity index (χ1) is 7.33. The van der Waals surface area contributed by atoms with Gasteiger partial charge in [-0.3, -0.25) is 10.7 Å². The maximum absolute atomic E-state index is 8.20. The molecule has 7 heteroatoms. The maximum Gasteiger partial charge on any atom is 0.201 e. The summed E-state index contributed by atoms with van der Waals surface area (Å²) in [5.41, 5.74) is 0.908. The number of hydrogen-bond donors (Lipinski definition) is 3. The van der Waals surface area contributed by atoms with Gasteiger partial charge in [0.05, 0.1) is 5.69 Å². The summed E-state index contributed by atoms with van der Waals surface area (Å²) in [6.45, 7) is 0.635. The highest BCUT2D eigenvalue weighted by atomic mass is 32.2. The molecule has 0 aliphatic rings. The van der Waals surface area contributed by atoms with Crippen LogP contribution in [0.4, 0.5) is 0 Å². The lowest BCUT2D eigenvalue weighted by atomic mass is 10.5. The van der Waals surface area contributed by atoms with Crippen molar-refractivity contribution < 1.29 is 4.52 Å². The number of nitrogens with one attached hydrogen (secondary N) is 3. The zero-order valence-electron chi connectivity index (χ0n) is 7.99. The average Bonchev–Trinajstić information content (AvgIpc) is 2.70. The van der Waals surface area contributed by atoms with Crippen molar-refractivity contribution in [2.75, 3.05) is 12.3 Å². The summed E-state index contributed by atoms with van der Waals surface area (Å²) in [4.78, 5) is 0. The summed E-state index contributed by atoms with van der Waals surface area (Å²) in [6.07, 6.45) is 3.21. The van der Waals surface area contributed by atoms with Gasteiger partial charge in [0, 0.05) is 24.1 Å². The molecule has 6 nitrogen and oxygen atoms in total. The zero-order chi connectivity index (χ0) is 10.9. The molecule has 0 aliphatic heterocycles. The summed E-state index contributed by atoms with van der Waals surface area (Å²) < 4.78 is 4.68. The predicted molar refractivity (Wildman–Crippen MR) is 57.1 cm³/mol. The fourth-order valence-electron chi connectivity index (χ4n) is 0.837. The van der Waals surface area contributed by atoms with E-state index >= 15 is 0 Å². The van der Waals surface area contributed by atoms with E-state index < -0.39 is 0 Å². The normalized spacial score (nSPS) is 9.27. The van der Waals surface area contributed by atoms with Gasteiger partial charge in [0.25, 0.3) is 0 Å². The van der Waals surface area contributed by atoms with Crippen LogP contribution in [-0.2, 0) is 5.75 Å². The number of rotatable bonds is 5. The Morgan fingerprint density at radius 3 is 3.27 bits per heavy atom. The van der Waals surface area contributed by atoms with Crippen LogP contribution in [-0.4, -0.2) is 23.4 Å². The molecule has 0 amide bonds. The lowest BCUT2D eigenvalue weighted by Gasteiger charge is -2.03. The number of nitriles is 1. The lowest BCUT2D eigenvalue weighted by molar-refractivity contribution is 0.414. The molecule has 0 fully saturated rings. The van der Waals surface area contributed by atoms with E-state index in [0.717, 1.165) is 17.2 Å². The van der Waals surface area contributed by atoms with Crippen LogP contribution >= 0.6 is 11.8 Å². The molecular weight excluding hydrogens is 214 g/mol. The van der Waals surface area contributed by atoms with E-state index in [-0.39, 0.29) is 5.96 Å². The Labute approximate surface area is 91.5 Å². The first-order valence-corrected chi connectivity index (χ1v) is 5.43. The quantitative estimate of drug-likeness (QED) is 0.222. The third kappa shape index (κ3) is 4.93. The fourth-order valence-corrected chi connectivity index (χ4v) is 1.59. The molecule has 0 saturated carbocycles. The molecule has 15 heavy (non-hydrogen) atoms. The smallest absolute Gasteiger partial charge is 0.201 e. The number of thioether (sulfide) groups is 1. The van der Waals surface area contributed by atoms with Crippen LogP contribution in [0.3, 0.4) is 0 Å². The van der Waals surface area contributed by atoms with Crippen molar-refractivity contribution in [2.45, 2.75) is 5.75 Å². The van der Waals surface area contributed by atoms with E-state index in [2.05, 4.69) is 20.3 Å². The summed E-state index contributed by atoms with van der Waals surface area (Å²) in [5, 5.41) is 24.1. The van der Waals surface area contributed by atoms with E-state index in [1.165, 1.54) is 0 Å².